The van der Waals surface area contributed by atoms with Crippen molar-refractivity contribution in [2.24, 2.45) is 57.2 Å². The summed E-state index contributed by atoms with van der Waals surface area (Å²) in [5.41, 5.74) is 3.37. The van der Waals surface area contributed by atoms with Gasteiger partial charge in [-0.2, -0.15) is 0 Å². The number of nitrogens with zero attached hydrogens (tertiary/aromatic N) is 1. The van der Waals surface area contributed by atoms with E-state index < -0.39 is 16.8 Å². The highest BCUT2D eigenvalue weighted by molar-refractivity contribution is 7.85. The number of carboxylic acid groups (broad SMARTS) is 1. The normalized spacial score (nSPS) is 47.6. The molecule has 1 aliphatic heterocycles. The molecule has 2 N–H and O–H groups in total. The number of hydrogen-bond donors (Lipinski definition) is 2. The molecule has 7 rings (SSSR count). The fraction of sp³-hybridized carbons (Fsp3) is 0.925. The molecule has 6 fully saturated rings. The van der Waals surface area contributed by atoms with Gasteiger partial charge in [-0.05, 0) is 128 Å². The number of aliphatic carboxylic acids is 1. The summed E-state index contributed by atoms with van der Waals surface area (Å²) in [6.45, 7) is 17.6. The van der Waals surface area contributed by atoms with Gasteiger partial charge in [-0.15, -0.1) is 0 Å². The Balaban J connectivity index is 1.07. The van der Waals surface area contributed by atoms with Gasteiger partial charge in [0.15, 0.2) is 0 Å². The second kappa shape index (κ2) is 12.3. The van der Waals surface area contributed by atoms with Crippen molar-refractivity contribution in [1.82, 2.24) is 10.2 Å². The Bertz CT molecular complexity index is 1220. The van der Waals surface area contributed by atoms with Crippen molar-refractivity contribution in [3.8, 4) is 0 Å². The molecule has 0 radical (unpaired) electrons. The van der Waals surface area contributed by atoms with Gasteiger partial charge in [-0.1, -0.05) is 65.5 Å². The maximum absolute atomic E-state index is 11.9. The first-order valence-electron chi connectivity index (χ1n) is 19.6. The Morgan fingerprint density at radius 2 is 1.67 bits per heavy atom. The van der Waals surface area contributed by atoms with E-state index in [1.54, 1.807) is 5.57 Å². The topological polar surface area (TPSA) is 69.6 Å². The molecule has 0 aromatic heterocycles. The summed E-state index contributed by atoms with van der Waals surface area (Å²) in [4.78, 5) is 14.3. The number of carboxylic acids is 1. The van der Waals surface area contributed by atoms with Crippen LogP contribution in [0.15, 0.2) is 11.6 Å². The summed E-state index contributed by atoms with van der Waals surface area (Å²) in [7, 11) is -0.593. The van der Waals surface area contributed by atoms with E-state index in [2.05, 4.69) is 50.9 Å². The largest absolute Gasteiger partial charge is 0.481 e. The summed E-state index contributed by atoms with van der Waals surface area (Å²) in [5.74, 6) is 4.72. The van der Waals surface area contributed by atoms with E-state index in [1.807, 2.05) is 0 Å². The predicted molar refractivity (Wildman–Crippen MR) is 189 cm³/mol. The van der Waals surface area contributed by atoms with Gasteiger partial charge >= 0.3 is 5.97 Å². The van der Waals surface area contributed by atoms with Crippen LogP contribution >= 0.6 is 0 Å². The Hall–Kier alpha value is -0.720. The van der Waals surface area contributed by atoms with Gasteiger partial charge in [0.2, 0.25) is 0 Å². The van der Waals surface area contributed by atoms with E-state index >= 15 is 0 Å². The fourth-order valence-electron chi connectivity index (χ4n) is 14.3. The average molecular weight is 655 g/mol. The molecule has 10 atom stereocenters. The number of carbonyl (C=O) groups is 1. The van der Waals surface area contributed by atoms with E-state index in [9.17, 15) is 14.1 Å². The predicted octanol–water partition coefficient (Wildman–Crippen LogP) is 8.07. The maximum atomic E-state index is 11.9. The van der Waals surface area contributed by atoms with E-state index in [-0.39, 0.29) is 11.3 Å². The lowest BCUT2D eigenvalue weighted by Crippen LogP contribution is -2.67. The highest BCUT2D eigenvalue weighted by Gasteiger charge is 2.69. The SMILES string of the molecule is CC1(C)C(CC2CCCC(C(=O)O)C2)=CCC2(C)C1CCC1(C)C2CCC2[C@H]3CCCC3(NCCN3CCS(=O)CC3)CC[C@]21C. The zero-order chi connectivity index (χ0) is 32.5. The lowest BCUT2D eigenvalue weighted by molar-refractivity contribution is -0.219. The number of rotatable bonds is 7. The van der Waals surface area contributed by atoms with E-state index in [1.165, 1.54) is 70.6 Å². The molecular formula is C40H66N2O3S. The standard InChI is InChI=1S/C40H66N2O3S/c1-36(2)30(27-28-8-6-9-29(26-28)35(43)44)13-16-37(3)33(36)14-17-39(5)34(37)12-11-31-32-10-7-15-40(32,19-18-38(31,39)4)41-20-21-42-22-24-46(45)25-23-42/h13,28-29,31-34,41H,6-12,14-27H2,1-5H3,(H,43,44)/t28?,29?,31?,32-,33?,34?,37?,38-,39?,40?/m1/s1. The van der Waals surface area contributed by atoms with Crippen molar-refractivity contribution in [2.75, 3.05) is 37.7 Å². The minimum absolute atomic E-state index is 0.130. The summed E-state index contributed by atoms with van der Waals surface area (Å²) in [5, 5.41) is 14.0. The lowest BCUT2D eigenvalue weighted by Gasteiger charge is -2.72. The summed E-state index contributed by atoms with van der Waals surface area (Å²) in [6, 6.07) is 0. The van der Waals surface area contributed by atoms with Gasteiger partial charge in [0.05, 0.1) is 5.92 Å². The minimum atomic E-state index is -0.593. The van der Waals surface area contributed by atoms with Crippen LogP contribution in [-0.2, 0) is 15.6 Å². The monoisotopic (exact) mass is 654 g/mol. The van der Waals surface area contributed by atoms with Crippen molar-refractivity contribution in [3.63, 3.8) is 0 Å². The zero-order valence-corrected chi connectivity index (χ0v) is 30.8. The number of nitrogens with one attached hydrogen (secondary N) is 1. The molecule has 6 aliphatic carbocycles. The van der Waals surface area contributed by atoms with Gasteiger partial charge in [0, 0.05) is 54.0 Å². The van der Waals surface area contributed by atoms with Crippen LogP contribution in [0.3, 0.4) is 0 Å². The molecule has 260 valence electrons. The highest BCUT2D eigenvalue weighted by atomic mass is 32.2. The molecule has 8 unspecified atom stereocenters. The Morgan fingerprint density at radius 1 is 0.891 bits per heavy atom. The zero-order valence-electron chi connectivity index (χ0n) is 30.0. The molecule has 5 saturated carbocycles. The van der Waals surface area contributed by atoms with Gasteiger partial charge < -0.3 is 15.3 Å². The Kier molecular flexibility index (Phi) is 8.99. The summed E-state index contributed by atoms with van der Waals surface area (Å²) >= 11 is 0. The van der Waals surface area contributed by atoms with Gasteiger partial charge in [0.1, 0.15) is 0 Å². The first-order chi connectivity index (χ1) is 21.8. The van der Waals surface area contributed by atoms with Crippen LogP contribution < -0.4 is 5.32 Å². The summed E-state index contributed by atoms with van der Waals surface area (Å²) in [6.07, 6.45) is 21.5. The van der Waals surface area contributed by atoms with E-state index in [0.717, 1.165) is 87.0 Å². The van der Waals surface area contributed by atoms with Crippen LogP contribution in [0.1, 0.15) is 131 Å². The molecule has 6 heteroatoms. The fourth-order valence-corrected chi connectivity index (χ4v) is 15.4. The van der Waals surface area contributed by atoms with E-state index in [0.29, 0.717) is 27.7 Å². The summed E-state index contributed by atoms with van der Waals surface area (Å²) < 4.78 is 11.9. The number of hydrogen-bond acceptors (Lipinski definition) is 4. The van der Waals surface area contributed by atoms with Gasteiger partial charge in [-0.3, -0.25) is 9.00 Å². The third-order valence-corrected chi connectivity index (χ3v) is 18.2. The molecule has 46 heavy (non-hydrogen) atoms. The molecule has 0 aromatic carbocycles. The van der Waals surface area contributed by atoms with Crippen LogP contribution in [0.2, 0.25) is 0 Å². The molecule has 1 heterocycles. The van der Waals surface area contributed by atoms with Crippen LogP contribution in [0.5, 0.6) is 0 Å². The molecular weight excluding hydrogens is 589 g/mol. The Morgan fingerprint density at radius 3 is 2.43 bits per heavy atom. The average Bonchev–Trinajstić information content (AvgIpc) is 3.44. The third-order valence-electron chi connectivity index (χ3n) is 16.9. The van der Waals surface area contributed by atoms with Crippen molar-refractivity contribution in [1.29, 1.82) is 0 Å². The molecule has 1 saturated heterocycles. The quantitative estimate of drug-likeness (QED) is 0.272. The van der Waals surface area contributed by atoms with Gasteiger partial charge in [-0.25, -0.2) is 0 Å². The van der Waals surface area contributed by atoms with Crippen molar-refractivity contribution < 1.29 is 14.1 Å². The molecule has 0 amide bonds. The van der Waals surface area contributed by atoms with Gasteiger partial charge in [0.25, 0.3) is 0 Å². The van der Waals surface area contributed by atoms with Crippen molar-refractivity contribution in [2.45, 2.75) is 136 Å². The smallest absolute Gasteiger partial charge is 0.306 e. The molecule has 7 aliphatic rings. The Labute approximate surface area is 283 Å². The number of fused-ring (bicyclic) bond motifs is 7. The minimum Gasteiger partial charge on any atom is -0.481 e. The molecule has 0 aromatic rings. The number of allylic oxidation sites excluding steroid dienone is 2. The highest BCUT2D eigenvalue weighted by Crippen LogP contribution is 2.76. The second-order valence-corrected chi connectivity index (χ2v) is 20.6. The van der Waals surface area contributed by atoms with Crippen LogP contribution in [0.25, 0.3) is 0 Å². The first kappa shape index (κ1) is 33.8. The second-order valence-electron chi connectivity index (χ2n) is 18.9. The van der Waals surface area contributed by atoms with E-state index in [4.69, 9.17) is 0 Å². The van der Waals surface area contributed by atoms with Crippen LogP contribution in [0, 0.1) is 57.2 Å². The lowest BCUT2D eigenvalue weighted by atomic mass is 9.33. The van der Waals surface area contributed by atoms with Crippen LogP contribution in [-0.4, -0.2) is 63.4 Å². The first-order valence-corrected chi connectivity index (χ1v) is 21.1. The molecule has 0 bridgehead atoms. The third kappa shape index (κ3) is 5.35. The van der Waals surface area contributed by atoms with Crippen LogP contribution in [0.4, 0.5) is 0 Å². The van der Waals surface area contributed by atoms with Crippen molar-refractivity contribution >= 4 is 16.8 Å². The molecule has 0 spiro atoms. The van der Waals surface area contributed by atoms with Crippen molar-refractivity contribution in [3.05, 3.63) is 11.6 Å². The molecule has 5 nitrogen and oxygen atoms in total. The maximum Gasteiger partial charge on any atom is 0.306 e.